The fourth-order valence-electron chi connectivity index (χ4n) is 4.34. The lowest BCUT2D eigenvalue weighted by molar-refractivity contribution is -0.132. The maximum atomic E-state index is 13.0. The molecule has 0 radical (unpaired) electrons. The number of aromatic nitrogens is 2. The van der Waals surface area contributed by atoms with Crippen molar-refractivity contribution < 1.29 is 4.79 Å². The van der Waals surface area contributed by atoms with Crippen molar-refractivity contribution >= 4 is 22.5 Å². The third kappa shape index (κ3) is 2.98. The summed E-state index contributed by atoms with van der Waals surface area (Å²) in [4.78, 5) is 24.1. The summed E-state index contributed by atoms with van der Waals surface area (Å²) >= 11 is 0. The number of hydrogen-bond donors (Lipinski definition) is 1. The summed E-state index contributed by atoms with van der Waals surface area (Å²) in [5, 5.41) is 5.23. The molecule has 0 aliphatic carbocycles. The molecule has 5 heteroatoms. The van der Waals surface area contributed by atoms with E-state index in [4.69, 9.17) is 0 Å². The lowest BCUT2D eigenvalue weighted by Crippen LogP contribution is -2.53. The molecule has 136 valence electrons. The number of pyridine rings is 2. The molecule has 6 rings (SSSR count). The second kappa shape index (κ2) is 6.43. The zero-order valence-electron chi connectivity index (χ0n) is 15.2. The molecule has 0 spiro atoms. The average Bonchev–Trinajstić information content (AvgIpc) is 2.75. The molecule has 0 atom stereocenters. The van der Waals surface area contributed by atoms with E-state index < -0.39 is 0 Å². The number of rotatable bonds is 3. The van der Waals surface area contributed by atoms with Crippen molar-refractivity contribution in [2.45, 2.75) is 19.3 Å². The van der Waals surface area contributed by atoms with Gasteiger partial charge in [-0.15, -0.1) is 0 Å². The number of nitrogens with zero attached hydrogens (tertiary/aromatic N) is 3. The molecule has 0 unspecified atom stereocenters. The zero-order valence-corrected chi connectivity index (χ0v) is 15.2. The van der Waals surface area contributed by atoms with Crippen molar-refractivity contribution in [1.82, 2.24) is 14.9 Å². The summed E-state index contributed by atoms with van der Waals surface area (Å²) < 4.78 is 0. The molecule has 2 bridgehead atoms. The van der Waals surface area contributed by atoms with Crippen LogP contribution in [0.15, 0.2) is 55.0 Å². The molecule has 3 aliphatic heterocycles. The van der Waals surface area contributed by atoms with E-state index in [1.54, 1.807) is 6.20 Å². The van der Waals surface area contributed by atoms with E-state index in [2.05, 4.69) is 38.4 Å². The van der Waals surface area contributed by atoms with Gasteiger partial charge in [0.15, 0.2) is 0 Å². The minimum atomic E-state index is -0.205. The summed E-state index contributed by atoms with van der Waals surface area (Å²) in [6, 6.07) is 12.2. The number of hydrogen-bond acceptors (Lipinski definition) is 4. The molecule has 3 aromatic rings. The van der Waals surface area contributed by atoms with E-state index in [1.165, 1.54) is 0 Å². The Morgan fingerprint density at radius 1 is 0.963 bits per heavy atom. The Kier molecular flexibility index (Phi) is 3.90. The molecule has 0 saturated carbocycles. The van der Waals surface area contributed by atoms with Gasteiger partial charge in [-0.3, -0.25) is 9.78 Å². The normalized spacial score (nSPS) is 24.1. The van der Waals surface area contributed by atoms with Gasteiger partial charge in [0, 0.05) is 29.5 Å². The number of carbonyl (C=O) groups is 1. The Balaban J connectivity index is 1.43. The first kappa shape index (κ1) is 16.4. The number of anilines is 1. The van der Waals surface area contributed by atoms with Crippen molar-refractivity contribution in [1.29, 1.82) is 0 Å². The second-order valence-corrected chi connectivity index (χ2v) is 7.70. The number of benzene rings is 1. The van der Waals surface area contributed by atoms with Crippen molar-refractivity contribution in [3.63, 3.8) is 0 Å². The zero-order chi connectivity index (χ0) is 18.3. The van der Waals surface area contributed by atoms with E-state index in [-0.39, 0.29) is 11.3 Å². The van der Waals surface area contributed by atoms with E-state index >= 15 is 0 Å². The fraction of sp³-hybridized carbons (Fsp3) is 0.318. The number of fused-ring (bicyclic) bond motifs is 4. The maximum absolute atomic E-state index is 13.0. The van der Waals surface area contributed by atoms with Crippen LogP contribution in [0.1, 0.15) is 19.3 Å². The molecule has 5 heterocycles. The standard InChI is InChI=1S/C22H22N4O/c27-21(22-5-9-26(10-6-22)11-7-22)25-20-13-19-12-16(3-4-18(19)15-24-20)17-2-1-8-23-14-17/h1-4,8,12-15H,5-7,9-11H2,(H,24,25,27). The molecule has 5 nitrogen and oxygen atoms in total. The molecular formula is C22H22N4O. The van der Waals surface area contributed by atoms with Gasteiger partial charge in [-0.25, -0.2) is 4.98 Å². The van der Waals surface area contributed by atoms with Gasteiger partial charge in [0.25, 0.3) is 0 Å². The van der Waals surface area contributed by atoms with Gasteiger partial charge in [0.05, 0.1) is 5.41 Å². The van der Waals surface area contributed by atoms with Crippen LogP contribution in [0.25, 0.3) is 21.9 Å². The monoisotopic (exact) mass is 358 g/mol. The third-order valence-corrected chi connectivity index (χ3v) is 6.16. The molecule has 1 N–H and O–H groups in total. The number of amides is 1. The largest absolute Gasteiger partial charge is 0.310 e. The highest BCUT2D eigenvalue weighted by Crippen LogP contribution is 2.41. The predicted molar refractivity (Wildman–Crippen MR) is 106 cm³/mol. The SMILES string of the molecule is O=C(Nc1cc2cc(-c3cccnc3)ccc2cn1)C12CCN(CC1)CC2. The van der Waals surface area contributed by atoms with E-state index in [9.17, 15) is 4.79 Å². The highest BCUT2D eigenvalue weighted by molar-refractivity contribution is 5.97. The van der Waals surface area contributed by atoms with Gasteiger partial charge in [-0.05, 0) is 68.0 Å². The molecule has 3 aliphatic rings. The van der Waals surface area contributed by atoms with Crippen LogP contribution < -0.4 is 5.32 Å². The van der Waals surface area contributed by atoms with Gasteiger partial charge >= 0.3 is 0 Å². The average molecular weight is 358 g/mol. The minimum Gasteiger partial charge on any atom is -0.310 e. The lowest BCUT2D eigenvalue weighted by Gasteiger charge is -2.47. The quantitative estimate of drug-likeness (QED) is 0.775. The summed E-state index contributed by atoms with van der Waals surface area (Å²) in [5.74, 6) is 0.773. The highest BCUT2D eigenvalue weighted by Gasteiger charge is 2.45. The van der Waals surface area contributed by atoms with E-state index in [0.717, 1.165) is 60.8 Å². The topological polar surface area (TPSA) is 58.1 Å². The van der Waals surface area contributed by atoms with Gasteiger partial charge < -0.3 is 10.2 Å². The van der Waals surface area contributed by atoms with Crippen LogP contribution in [0.5, 0.6) is 0 Å². The number of carbonyl (C=O) groups excluding carboxylic acids is 1. The van der Waals surface area contributed by atoms with Crippen LogP contribution in [0, 0.1) is 5.41 Å². The third-order valence-electron chi connectivity index (χ3n) is 6.16. The summed E-state index contributed by atoms with van der Waals surface area (Å²) in [7, 11) is 0. The Hall–Kier alpha value is -2.79. The maximum Gasteiger partial charge on any atom is 0.231 e. The molecule has 3 fully saturated rings. The number of piperidine rings is 3. The Morgan fingerprint density at radius 2 is 1.78 bits per heavy atom. The van der Waals surface area contributed by atoms with Crippen molar-refractivity contribution in [2.24, 2.45) is 5.41 Å². The number of nitrogens with one attached hydrogen (secondary N) is 1. The van der Waals surface area contributed by atoms with Crippen molar-refractivity contribution in [3.05, 3.63) is 55.0 Å². The lowest BCUT2D eigenvalue weighted by atomic mass is 9.71. The smallest absolute Gasteiger partial charge is 0.231 e. The molecule has 2 aromatic heterocycles. The fourth-order valence-corrected chi connectivity index (χ4v) is 4.34. The van der Waals surface area contributed by atoms with Crippen LogP contribution >= 0.6 is 0 Å². The first-order valence-corrected chi connectivity index (χ1v) is 9.56. The van der Waals surface area contributed by atoms with Gasteiger partial charge in [0.2, 0.25) is 5.91 Å². The highest BCUT2D eigenvalue weighted by atomic mass is 16.2. The van der Waals surface area contributed by atoms with Gasteiger partial charge in [-0.2, -0.15) is 0 Å². The van der Waals surface area contributed by atoms with E-state index in [0.29, 0.717) is 5.82 Å². The molecule has 1 amide bonds. The van der Waals surface area contributed by atoms with Crippen LogP contribution in [0.2, 0.25) is 0 Å². The van der Waals surface area contributed by atoms with Crippen LogP contribution in [0.3, 0.4) is 0 Å². The second-order valence-electron chi connectivity index (χ2n) is 7.70. The molecular weight excluding hydrogens is 336 g/mol. The van der Waals surface area contributed by atoms with Gasteiger partial charge in [0.1, 0.15) is 5.82 Å². The van der Waals surface area contributed by atoms with E-state index in [1.807, 2.05) is 30.6 Å². The Bertz CT molecular complexity index is 980. The summed E-state index contributed by atoms with van der Waals surface area (Å²) in [5.41, 5.74) is 1.98. The molecule has 3 saturated heterocycles. The first-order chi connectivity index (χ1) is 13.2. The Morgan fingerprint density at radius 3 is 2.52 bits per heavy atom. The summed E-state index contributed by atoms with van der Waals surface area (Å²) in [6.45, 7) is 3.10. The van der Waals surface area contributed by atoms with Crippen LogP contribution in [-0.4, -0.2) is 40.4 Å². The van der Waals surface area contributed by atoms with Crippen LogP contribution in [0.4, 0.5) is 5.82 Å². The predicted octanol–water partition coefficient (Wildman–Crippen LogP) is 3.72. The minimum absolute atomic E-state index is 0.136. The Labute approximate surface area is 158 Å². The first-order valence-electron chi connectivity index (χ1n) is 9.56. The molecule has 27 heavy (non-hydrogen) atoms. The van der Waals surface area contributed by atoms with Crippen molar-refractivity contribution in [2.75, 3.05) is 25.0 Å². The van der Waals surface area contributed by atoms with Crippen LogP contribution in [-0.2, 0) is 4.79 Å². The molecule has 1 aromatic carbocycles. The van der Waals surface area contributed by atoms with Gasteiger partial charge in [-0.1, -0.05) is 18.2 Å². The van der Waals surface area contributed by atoms with Crippen molar-refractivity contribution in [3.8, 4) is 11.1 Å². The summed E-state index contributed by atoms with van der Waals surface area (Å²) in [6.07, 6.45) is 8.34.